The number of halogens is 1. The molecule has 0 saturated carbocycles. The Morgan fingerprint density at radius 2 is 2.15 bits per heavy atom. The zero-order valence-electron chi connectivity index (χ0n) is 6.77. The Kier molecular flexibility index (Phi) is 2.71. The van der Waals surface area contributed by atoms with Crippen molar-refractivity contribution in [2.45, 2.75) is 5.33 Å². The van der Waals surface area contributed by atoms with Gasteiger partial charge in [-0.2, -0.15) is 0 Å². The monoisotopic (exact) mass is 254 g/mol. The maximum Gasteiger partial charge on any atom is 0.106 e. The smallest absolute Gasteiger partial charge is 0.106 e. The Hall–Kier alpha value is -0.740. The molecule has 0 N–H and O–H groups in total. The summed E-state index contributed by atoms with van der Waals surface area (Å²) < 4.78 is 3.85. The van der Waals surface area contributed by atoms with Crippen molar-refractivity contribution in [1.29, 1.82) is 0 Å². The fourth-order valence-electron chi connectivity index (χ4n) is 1.17. The van der Waals surface area contributed by atoms with Gasteiger partial charge >= 0.3 is 0 Å². The van der Waals surface area contributed by atoms with Crippen LogP contribution in [0, 0.1) is 0 Å². The van der Waals surface area contributed by atoms with E-state index in [-0.39, 0.29) is 0 Å². The van der Waals surface area contributed by atoms with Gasteiger partial charge in [0.25, 0.3) is 0 Å². The fourth-order valence-corrected chi connectivity index (χ4v) is 2.11. The molecule has 2 nitrogen and oxygen atoms in total. The standard InChI is InChI=1S/C9H7BrN2S/c10-5-7-3-1-2-4-8(7)9-6-13-12-11-9/h1-4,6H,5H2. The molecule has 2 rings (SSSR count). The summed E-state index contributed by atoms with van der Waals surface area (Å²) in [6.07, 6.45) is 0. The molecule has 0 bridgehead atoms. The van der Waals surface area contributed by atoms with E-state index in [1.54, 1.807) is 0 Å². The maximum atomic E-state index is 4.04. The van der Waals surface area contributed by atoms with E-state index in [0.717, 1.165) is 16.6 Å². The summed E-state index contributed by atoms with van der Waals surface area (Å²) in [5, 5.41) is 6.85. The SMILES string of the molecule is BrCc1ccccc1-c1csnn1. The third kappa shape index (κ3) is 1.78. The lowest BCUT2D eigenvalue weighted by Crippen LogP contribution is -1.85. The van der Waals surface area contributed by atoms with Crippen molar-refractivity contribution in [1.82, 2.24) is 9.59 Å². The second kappa shape index (κ2) is 3.98. The average Bonchev–Trinajstić information content (AvgIpc) is 2.70. The zero-order chi connectivity index (χ0) is 9.10. The highest BCUT2D eigenvalue weighted by Crippen LogP contribution is 2.23. The second-order valence-corrected chi connectivity index (χ2v) is 3.75. The van der Waals surface area contributed by atoms with E-state index in [2.05, 4.69) is 37.6 Å². The summed E-state index contributed by atoms with van der Waals surface area (Å²) in [6.45, 7) is 0. The van der Waals surface area contributed by atoms with Gasteiger partial charge in [-0.05, 0) is 17.1 Å². The number of aromatic nitrogens is 2. The summed E-state index contributed by atoms with van der Waals surface area (Å²) in [5.41, 5.74) is 3.36. The van der Waals surface area contributed by atoms with Gasteiger partial charge in [0.15, 0.2) is 0 Å². The molecule has 0 spiro atoms. The van der Waals surface area contributed by atoms with Crippen LogP contribution in [0.2, 0.25) is 0 Å². The Morgan fingerprint density at radius 1 is 1.31 bits per heavy atom. The van der Waals surface area contributed by atoms with E-state index in [1.807, 2.05) is 17.5 Å². The van der Waals surface area contributed by atoms with Crippen molar-refractivity contribution in [2.75, 3.05) is 0 Å². The molecule has 0 atom stereocenters. The lowest BCUT2D eigenvalue weighted by molar-refractivity contribution is 1.16. The van der Waals surface area contributed by atoms with Gasteiger partial charge in [0, 0.05) is 16.3 Å². The molecule has 0 amide bonds. The van der Waals surface area contributed by atoms with Crippen molar-refractivity contribution in [3.63, 3.8) is 0 Å². The van der Waals surface area contributed by atoms with Gasteiger partial charge in [0.1, 0.15) is 5.69 Å². The summed E-state index contributed by atoms with van der Waals surface area (Å²) in [7, 11) is 0. The van der Waals surface area contributed by atoms with E-state index in [0.29, 0.717) is 0 Å². The molecule has 2 aromatic rings. The predicted octanol–water partition coefficient (Wildman–Crippen LogP) is 3.10. The van der Waals surface area contributed by atoms with Gasteiger partial charge in [-0.15, -0.1) is 5.10 Å². The quantitative estimate of drug-likeness (QED) is 0.770. The minimum Gasteiger partial charge on any atom is -0.138 e. The van der Waals surface area contributed by atoms with Crippen LogP contribution in [0.15, 0.2) is 29.6 Å². The van der Waals surface area contributed by atoms with Crippen LogP contribution in [-0.4, -0.2) is 9.59 Å². The molecule has 0 unspecified atom stereocenters. The number of benzene rings is 1. The summed E-state index contributed by atoms with van der Waals surface area (Å²) >= 11 is 4.83. The Bertz CT molecular complexity index is 386. The normalized spacial score (nSPS) is 10.2. The first kappa shape index (κ1) is 8.84. The number of hydrogen-bond acceptors (Lipinski definition) is 3. The topological polar surface area (TPSA) is 25.8 Å². The van der Waals surface area contributed by atoms with E-state index in [1.165, 1.54) is 17.1 Å². The molecule has 4 heteroatoms. The number of alkyl halides is 1. The van der Waals surface area contributed by atoms with Crippen molar-refractivity contribution >= 4 is 27.5 Å². The molecule has 0 fully saturated rings. The van der Waals surface area contributed by atoms with Gasteiger partial charge in [-0.25, -0.2) is 0 Å². The Morgan fingerprint density at radius 3 is 2.85 bits per heavy atom. The van der Waals surface area contributed by atoms with E-state index >= 15 is 0 Å². The van der Waals surface area contributed by atoms with Gasteiger partial charge in [0.2, 0.25) is 0 Å². The zero-order valence-corrected chi connectivity index (χ0v) is 9.18. The first-order valence-corrected chi connectivity index (χ1v) is 5.79. The number of hydrogen-bond donors (Lipinski definition) is 0. The third-order valence-electron chi connectivity index (χ3n) is 1.80. The van der Waals surface area contributed by atoms with E-state index in [9.17, 15) is 0 Å². The summed E-state index contributed by atoms with van der Waals surface area (Å²) in [4.78, 5) is 0. The van der Waals surface area contributed by atoms with Gasteiger partial charge in [-0.1, -0.05) is 44.7 Å². The van der Waals surface area contributed by atoms with Crippen LogP contribution in [0.1, 0.15) is 5.56 Å². The molecular formula is C9H7BrN2S. The van der Waals surface area contributed by atoms with Gasteiger partial charge in [0.05, 0.1) is 0 Å². The highest BCUT2D eigenvalue weighted by atomic mass is 79.9. The van der Waals surface area contributed by atoms with Gasteiger partial charge < -0.3 is 0 Å². The number of nitrogens with zero attached hydrogens (tertiary/aromatic N) is 2. The molecule has 1 heterocycles. The molecule has 66 valence electrons. The Balaban J connectivity index is 2.51. The number of rotatable bonds is 2. The first-order chi connectivity index (χ1) is 6.42. The van der Waals surface area contributed by atoms with Crippen LogP contribution in [-0.2, 0) is 5.33 Å². The van der Waals surface area contributed by atoms with E-state index in [4.69, 9.17) is 0 Å². The molecule has 13 heavy (non-hydrogen) atoms. The van der Waals surface area contributed by atoms with Crippen LogP contribution in [0.3, 0.4) is 0 Å². The highest BCUT2D eigenvalue weighted by molar-refractivity contribution is 9.08. The third-order valence-corrected chi connectivity index (χ3v) is 2.91. The minimum atomic E-state index is 0.848. The van der Waals surface area contributed by atoms with Crippen LogP contribution < -0.4 is 0 Å². The second-order valence-electron chi connectivity index (χ2n) is 2.58. The molecule has 0 saturated heterocycles. The lowest BCUT2D eigenvalue weighted by Gasteiger charge is -2.01. The summed E-state index contributed by atoms with van der Waals surface area (Å²) in [5.74, 6) is 0. The van der Waals surface area contributed by atoms with Crippen LogP contribution in [0.5, 0.6) is 0 Å². The molecular weight excluding hydrogens is 248 g/mol. The lowest BCUT2D eigenvalue weighted by atomic mass is 10.1. The van der Waals surface area contributed by atoms with Crippen molar-refractivity contribution in [2.24, 2.45) is 0 Å². The van der Waals surface area contributed by atoms with E-state index < -0.39 is 0 Å². The predicted molar refractivity (Wildman–Crippen MR) is 58.0 cm³/mol. The molecule has 0 radical (unpaired) electrons. The van der Waals surface area contributed by atoms with Crippen molar-refractivity contribution < 1.29 is 0 Å². The fraction of sp³-hybridized carbons (Fsp3) is 0.111. The Labute approximate surface area is 88.9 Å². The molecule has 1 aromatic heterocycles. The average molecular weight is 255 g/mol. The van der Waals surface area contributed by atoms with Gasteiger partial charge in [-0.3, -0.25) is 0 Å². The molecule has 0 aliphatic rings. The van der Waals surface area contributed by atoms with Crippen LogP contribution >= 0.6 is 27.5 Å². The molecule has 0 aliphatic heterocycles. The van der Waals surface area contributed by atoms with Crippen molar-refractivity contribution in [3.8, 4) is 11.3 Å². The van der Waals surface area contributed by atoms with Crippen LogP contribution in [0.4, 0.5) is 0 Å². The maximum absolute atomic E-state index is 4.04. The van der Waals surface area contributed by atoms with Crippen LogP contribution in [0.25, 0.3) is 11.3 Å². The molecule has 1 aromatic carbocycles. The highest BCUT2D eigenvalue weighted by Gasteiger charge is 2.04. The molecule has 0 aliphatic carbocycles. The minimum absolute atomic E-state index is 0.848. The summed E-state index contributed by atoms with van der Waals surface area (Å²) in [6, 6.07) is 8.19. The van der Waals surface area contributed by atoms with Crippen molar-refractivity contribution in [3.05, 3.63) is 35.2 Å². The first-order valence-electron chi connectivity index (χ1n) is 3.83. The largest absolute Gasteiger partial charge is 0.138 e.